The summed E-state index contributed by atoms with van der Waals surface area (Å²) in [5.41, 5.74) is 6.00. The Balaban J connectivity index is 1.63. The molecule has 0 amide bonds. The number of benzene rings is 2. The molecular weight excluding hydrogens is 368 g/mol. The molecule has 144 valence electrons. The van der Waals surface area contributed by atoms with E-state index in [1.807, 2.05) is 37.3 Å². The Morgan fingerprint density at radius 2 is 1.83 bits per heavy atom. The highest BCUT2D eigenvalue weighted by atomic mass is 16.4. The van der Waals surface area contributed by atoms with E-state index in [1.165, 1.54) is 0 Å². The summed E-state index contributed by atoms with van der Waals surface area (Å²) < 4.78 is 1.65. The molecule has 0 radical (unpaired) electrons. The maximum absolute atomic E-state index is 11.0. The maximum Gasteiger partial charge on any atom is 0.335 e. The summed E-state index contributed by atoms with van der Waals surface area (Å²) >= 11 is 0. The topological polar surface area (TPSA) is 101 Å². The van der Waals surface area contributed by atoms with Crippen LogP contribution in [0, 0.1) is 6.92 Å². The number of carboxylic acids is 1. The number of carboxylic acid groups (broad SMARTS) is 1. The third-order valence-corrected chi connectivity index (χ3v) is 4.66. The first-order chi connectivity index (χ1) is 14.0. The minimum atomic E-state index is -0.966. The van der Waals surface area contributed by atoms with E-state index < -0.39 is 5.97 Å². The molecule has 0 spiro atoms. The number of aromatic nitrogens is 4. The second kappa shape index (κ2) is 7.65. The molecule has 29 heavy (non-hydrogen) atoms. The van der Waals surface area contributed by atoms with Gasteiger partial charge in [0, 0.05) is 11.1 Å². The zero-order valence-electron chi connectivity index (χ0n) is 15.6. The number of pyridine rings is 1. The van der Waals surface area contributed by atoms with Crippen molar-refractivity contribution >= 4 is 5.97 Å². The molecule has 0 fully saturated rings. The fourth-order valence-corrected chi connectivity index (χ4v) is 3.07. The van der Waals surface area contributed by atoms with Crippen LogP contribution < -0.4 is 0 Å². The van der Waals surface area contributed by atoms with Crippen LogP contribution in [0.5, 0.6) is 0 Å². The number of aliphatic hydroxyl groups is 1. The van der Waals surface area contributed by atoms with E-state index in [0.717, 1.165) is 33.6 Å². The van der Waals surface area contributed by atoms with Crippen LogP contribution in [0.3, 0.4) is 0 Å². The number of carbonyl (C=O) groups is 1. The van der Waals surface area contributed by atoms with Gasteiger partial charge in [0.1, 0.15) is 5.69 Å². The highest BCUT2D eigenvalue weighted by Gasteiger charge is 2.11. The molecule has 2 heterocycles. The van der Waals surface area contributed by atoms with E-state index in [-0.39, 0.29) is 12.2 Å². The summed E-state index contributed by atoms with van der Waals surface area (Å²) in [6, 6.07) is 16.1. The molecular formula is C22H18N4O3. The predicted molar refractivity (Wildman–Crippen MR) is 108 cm³/mol. The summed E-state index contributed by atoms with van der Waals surface area (Å²) in [6.07, 6.45) is 3.52. The maximum atomic E-state index is 11.0. The molecule has 0 saturated carbocycles. The second-order valence-electron chi connectivity index (χ2n) is 6.65. The van der Waals surface area contributed by atoms with Gasteiger partial charge in [0.25, 0.3) is 0 Å². The normalized spacial score (nSPS) is 10.8. The van der Waals surface area contributed by atoms with Crippen LogP contribution in [0.4, 0.5) is 0 Å². The number of rotatable bonds is 5. The number of aliphatic hydroxyl groups excluding tert-OH is 1. The second-order valence-corrected chi connectivity index (χ2v) is 6.65. The van der Waals surface area contributed by atoms with E-state index >= 15 is 0 Å². The Morgan fingerprint density at radius 1 is 1.03 bits per heavy atom. The number of aromatic carboxylic acids is 1. The van der Waals surface area contributed by atoms with Crippen LogP contribution in [0.25, 0.3) is 28.2 Å². The van der Waals surface area contributed by atoms with Gasteiger partial charge in [-0.2, -0.15) is 0 Å². The fraction of sp³-hybridized carbons (Fsp3) is 0.0909. The molecule has 0 unspecified atom stereocenters. The Bertz CT molecular complexity index is 1180. The minimum Gasteiger partial charge on any atom is -0.478 e. The van der Waals surface area contributed by atoms with E-state index in [4.69, 9.17) is 5.11 Å². The van der Waals surface area contributed by atoms with Gasteiger partial charge in [0.05, 0.1) is 35.9 Å². The average Bonchev–Trinajstić information content (AvgIpc) is 3.23. The average molecular weight is 386 g/mol. The third-order valence-electron chi connectivity index (χ3n) is 4.66. The molecule has 0 saturated heterocycles. The van der Waals surface area contributed by atoms with Crippen molar-refractivity contribution in [1.82, 2.24) is 20.0 Å². The molecule has 7 heteroatoms. The van der Waals surface area contributed by atoms with E-state index in [0.29, 0.717) is 5.69 Å². The lowest BCUT2D eigenvalue weighted by Crippen LogP contribution is -2.00. The quantitative estimate of drug-likeness (QED) is 0.544. The Kier molecular flexibility index (Phi) is 4.88. The van der Waals surface area contributed by atoms with Crippen molar-refractivity contribution in [1.29, 1.82) is 0 Å². The van der Waals surface area contributed by atoms with Gasteiger partial charge in [-0.15, -0.1) is 5.10 Å². The number of hydrogen-bond donors (Lipinski definition) is 2. The molecule has 2 N–H and O–H groups in total. The first-order valence-corrected chi connectivity index (χ1v) is 8.98. The molecule has 0 aliphatic rings. The molecule has 4 aromatic rings. The molecule has 2 aromatic carbocycles. The van der Waals surface area contributed by atoms with Crippen molar-refractivity contribution in [3.8, 4) is 28.2 Å². The largest absolute Gasteiger partial charge is 0.478 e. The Labute approximate surface area is 166 Å². The van der Waals surface area contributed by atoms with Crippen molar-refractivity contribution in [2.24, 2.45) is 0 Å². The van der Waals surface area contributed by atoms with Crippen LogP contribution in [0.1, 0.15) is 21.5 Å². The van der Waals surface area contributed by atoms with Gasteiger partial charge < -0.3 is 10.2 Å². The van der Waals surface area contributed by atoms with Crippen molar-refractivity contribution in [3.63, 3.8) is 0 Å². The highest BCUT2D eigenvalue weighted by molar-refractivity contribution is 5.88. The Morgan fingerprint density at radius 3 is 2.52 bits per heavy atom. The van der Waals surface area contributed by atoms with Crippen LogP contribution in [0.15, 0.2) is 67.0 Å². The van der Waals surface area contributed by atoms with Gasteiger partial charge in [-0.3, -0.25) is 4.98 Å². The summed E-state index contributed by atoms with van der Waals surface area (Å²) in [5.74, 6) is -0.966. The highest BCUT2D eigenvalue weighted by Crippen LogP contribution is 2.24. The van der Waals surface area contributed by atoms with Crippen molar-refractivity contribution < 1.29 is 15.0 Å². The van der Waals surface area contributed by atoms with Gasteiger partial charge >= 0.3 is 5.97 Å². The lowest BCUT2D eigenvalue weighted by molar-refractivity contribution is 0.0697. The Hall–Kier alpha value is -3.84. The smallest absolute Gasteiger partial charge is 0.335 e. The van der Waals surface area contributed by atoms with Crippen molar-refractivity contribution in [2.75, 3.05) is 0 Å². The molecule has 0 aliphatic heterocycles. The lowest BCUT2D eigenvalue weighted by atomic mass is 10.1. The SMILES string of the molecule is Cc1cc(-c2cccc(CO)c2)ncc1-n1cc(-c2ccc(C(=O)O)cc2)nn1. The molecule has 0 aliphatic carbocycles. The zero-order valence-corrected chi connectivity index (χ0v) is 15.6. The number of aryl methyl sites for hydroxylation is 1. The molecule has 2 aromatic heterocycles. The van der Waals surface area contributed by atoms with Crippen LogP contribution in [0.2, 0.25) is 0 Å². The first kappa shape index (κ1) is 18.5. The lowest BCUT2D eigenvalue weighted by Gasteiger charge is -2.08. The van der Waals surface area contributed by atoms with Crippen LogP contribution in [-0.2, 0) is 6.61 Å². The molecule has 7 nitrogen and oxygen atoms in total. The van der Waals surface area contributed by atoms with E-state index in [2.05, 4.69) is 15.3 Å². The molecule has 0 bridgehead atoms. The van der Waals surface area contributed by atoms with Crippen LogP contribution >= 0.6 is 0 Å². The predicted octanol–water partition coefficient (Wildman–Crippen LogP) is 3.50. The monoisotopic (exact) mass is 386 g/mol. The minimum absolute atomic E-state index is 0.0138. The van der Waals surface area contributed by atoms with E-state index in [9.17, 15) is 9.90 Å². The number of nitrogens with zero attached hydrogens (tertiary/aromatic N) is 4. The standard InChI is InChI=1S/C22H18N4O3/c1-14-9-19(18-4-2-3-15(10-18)13-27)23-11-21(14)26-12-20(24-25-26)16-5-7-17(8-6-16)22(28)29/h2-12,27H,13H2,1H3,(H,28,29). The van der Waals surface area contributed by atoms with E-state index in [1.54, 1.807) is 41.3 Å². The van der Waals surface area contributed by atoms with Gasteiger partial charge in [0.15, 0.2) is 0 Å². The summed E-state index contributed by atoms with van der Waals surface area (Å²) in [7, 11) is 0. The van der Waals surface area contributed by atoms with Gasteiger partial charge in [-0.1, -0.05) is 35.5 Å². The van der Waals surface area contributed by atoms with Crippen molar-refractivity contribution in [2.45, 2.75) is 13.5 Å². The molecule has 4 rings (SSSR count). The van der Waals surface area contributed by atoms with Gasteiger partial charge in [-0.25, -0.2) is 9.48 Å². The summed E-state index contributed by atoms with van der Waals surface area (Å²) in [6.45, 7) is 1.96. The van der Waals surface area contributed by atoms with Gasteiger partial charge in [0.2, 0.25) is 0 Å². The zero-order chi connectivity index (χ0) is 20.4. The summed E-state index contributed by atoms with van der Waals surface area (Å²) in [4.78, 5) is 15.5. The number of hydrogen-bond acceptors (Lipinski definition) is 5. The van der Waals surface area contributed by atoms with Crippen molar-refractivity contribution in [3.05, 3.63) is 83.7 Å². The third kappa shape index (κ3) is 3.76. The van der Waals surface area contributed by atoms with Gasteiger partial charge in [-0.05, 0) is 42.3 Å². The first-order valence-electron chi connectivity index (χ1n) is 8.98. The van der Waals surface area contributed by atoms with Crippen LogP contribution in [-0.4, -0.2) is 36.2 Å². The fourth-order valence-electron chi connectivity index (χ4n) is 3.07. The molecule has 0 atom stereocenters. The summed E-state index contributed by atoms with van der Waals surface area (Å²) in [5, 5.41) is 26.7.